The van der Waals surface area contributed by atoms with Crippen molar-refractivity contribution in [2.24, 2.45) is 0 Å². The van der Waals surface area contributed by atoms with Gasteiger partial charge in [0.15, 0.2) is 5.82 Å². The molecule has 3 rings (SSSR count). The van der Waals surface area contributed by atoms with Crippen molar-refractivity contribution < 1.29 is 5.11 Å². The second-order valence-corrected chi connectivity index (χ2v) is 7.17. The van der Waals surface area contributed by atoms with Gasteiger partial charge in [0, 0.05) is 5.39 Å². The van der Waals surface area contributed by atoms with Gasteiger partial charge in [-0.1, -0.05) is 31.5 Å². The van der Waals surface area contributed by atoms with E-state index in [0.717, 1.165) is 41.6 Å². The molecule has 0 radical (unpaired) electrons. The SMILES string of the molecule is CCCCNCc1nc2c(N)nc3ccccc3c2n1CC(C)(C)O. The molecular formula is C19H27N5O. The summed E-state index contributed by atoms with van der Waals surface area (Å²) in [4.78, 5) is 9.23. The van der Waals surface area contributed by atoms with Crippen LogP contribution in [0.2, 0.25) is 0 Å². The number of nitrogens with one attached hydrogen (secondary N) is 1. The lowest BCUT2D eigenvalue weighted by Crippen LogP contribution is -2.28. The van der Waals surface area contributed by atoms with Gasteiger partial charge in [0.2, 0.25) is 0 Å². The van der Waals surface area contributed by atoms with Gasteiger partial charge in [-0.2, -0.15) is 0 Å². The molecule has 0 aliphatic carbocycles. The first-order valence-electron chi connectivity index (χ1n) is 8.87. The third-order valence-electron chi connectivity index (χ3n) is 4.22. The summed E-state index contributed by atoms with van der Waals surface area (Å²) in [7, 11) is 0. The summed E-state index contributed by atoms with van der Waals surface area (Å²) in [6.45, 7) is 7.81. The topological polar surface area (TPSA) is 89.0 Å². The Kier molecular flexibility index (Phi) is 4.92. The van der Waals surface area contributed by atoms with Crippen molar-refractivity contribution in [3.8, 4) is 0 Å². The number of para-hydroxylation sites is 1. The van der Waals surface area contributed by atoms with Gasteiger partial charge in [0.25, 0.3) is 0 Å². The quantitative estimate of drug-likeness (QED) is 0.575. The first-order valence-corrected chi connectivity index (χ1v) is 8.87. The Balaban J connectivity index is 2.16. The average molecular weight is 341 g/mol. The summed E-state index contributed by atoms with van der Waals surface area (Å²) < 4.78 is 2.08. The lowest BCUT2D eigenvalue weighted by Gasteiger charge is -2.21. The predicted molar refractivity (Wildman–Crippen MR) is 102 cm³/mol. The summed E-state index contributed by atoms with van der Waals surface area (Å²) in [6, 6.07) is 7.91. The number of hydrogen-bond acceptors (Lipinski definition) is 5. The summed E-state index contributed by atoms with van der Waals surface area (Å²) in [6.07, 6.45) is 2.27. The standard InChI is InChI=1S/C19H27N5O/c1-4-5-10-21-11-15-23-16-17(24(15)12-19(2,3)25)13-8-6-7-9-14(13)22-18(16)20/h6-9,21,25H,4-5,10-12H2,1-3H3,(H2,20,22). The molecule has 2 aromatic heterocycles. The van der Waals surface area contributed by atoms with Crippen LogP contribution in [0.4, 0.5) is 5.82 Å². The molecule has 0 amide bonds. The first-order chi connectivity index (χ1) is 11.9. The van der Waals surface area contributed by atoms with Gasteiger partial charge in [-0.05, 0) is 32.9 Å². The molecule has 3 aromatic rings. The molecule has 1 aromatic carbocycles. The molecule has 0 aliphatic heterocycles. The van der Waals surface area contributed by atoms with Crippen LogP contribution in [-0.2, 0) is 13.1 Å². The van der Waals surface area contributed by atoms with Crippen molar-refractivity contribution in [3.05, 3.63) is 30.1 Å². The number of rotatable bonds is 7. The fraction of sp³-hybridized carbons (Fsp3) is 0.474. The number of fused-ring (bicyclic) bond motifs is 3. The number of anilines is 1. The molecule has 4 N–H and O–H groups in total. The second kappa shape index (κ2) is 6.98. The minimum absolute atomic E-state index is 0.429. The van der Waals surface area contributed by atoms with Gasteiger partial charge in [0.05, 0.1) is 29.7 Å². The third kappa shape index (κ3) is 3.75. The van der Waals surface area contributed by atoms with Crippen molar-refractivity contribution in [2.45, 2.75) is 52.3 Å². The molecule has 0 aliphatic rings. The Hall–Kier alpha value is -2.18. The van der Waals surface area contributed by atoms with Crippen molar-refractivity contribution in [2.75, 3.05) is 12.3 Å². The lowest BCUT2D eigenvalue weighted by atomic mass is 10.1. The van der Waals surface area contributed by atoms with Crippen LogP contribution in [0, 0.1) is 0 Å². The molecule has 0 saturated heterocycles. The van der Waals surface area contributed by atoms with Crippen molar-refractivity contribution in [3.63, 3.8) is 0 Å². The average Bonchev–Trinajstić information content (AvgIpc) is 2.89. The number of hydrogen-bond donors (Lipinski definition) is 3. The molecule has 0 fully saturated rings. The van der Waals surface area contributed by atoms with Crippen LogP contribution in [0.3, 0.4) is 0 Å². The zero-order valence-corrected chi connectivity index (χ0v) is 15.2. The number of benzene rings is 1. The highest BCUT2D eigenvalue weighted by atomic mass is 16.3. The molecule has 0 unspecified atom stereocenters. The molecule has 6 heteroatoms. The summed E-state index contributed by atoms with van der Waals surface area (Å²) in [5, 5.41) is 14.8. The molecule has 0 saturated carbocycles. The molecule has 6 nitrogen and oxygen atoms in total. The molecule has 25 heavy (non-hydrogen) atoms. The maximum Gasteiger partial charge on any atom is 0.152 e. The smallest absolute Gasteiger partial charge is 0.152 e. The van der Waals surface area contributed by atoms with Crippen LogP contribution in [-0.4, -0.2) is 31.8 Å². The second-order valence-electron chi connectivity index (χ2n) is 7.17. The Labute approximate surface area is 148 Å². The summed E-state index contributed by atoms with van der Waals surface area (Å²) >= 11 is 0. The number of nitrogen functional groups attached to an aromatic ring is 1. The third-order valence-corrected chi connectivity index (χ3v) is 4.22. The van der Waals surface area contributed by atoms with E-state index in [0.29, 0.717) is 24.4 Å². The zero-order valence-electron chi connectivity index (χ0n) is 15.2. The maximum atomic E-state index is 10.4. The van der Waals surface area contributed by atoms with E-state index < -0.39 is 5.60 Å². The summed E-state index contributed by atoms with van der Waals surface area (Å²) in [5.41, 5.74) is 7.81. The number of pyridine rings is 1. The van der Waals surface area contributed by atoms with Crippen LogP contribution in [0.5, 0.6) is 0 Å². The molecule has 0 atom stereocenters. The van der Waals surface area contributed by atoms with Gasteiger partial charge in [0.1, 0.15) is 11.3 Å². The van der Waals surface area contributed by atoms with Crippen molar-refractivity contribution in [1.29, 1.82) is 0 Å². The predicted octanol–water partition coefficient (Wildman–Crippen LogP) is 2.83. The maximum absolute atomic E-state index is 10.4. The van der Waals surface area contributed by atoms with Gasteiger partial charge in [-0.15, -0.1) is 0 Å². The highest BCUT2D eigenvalue weighted by molar-refractivity contribution is 6.06. The Morgan fingerprint density at radius 3 is 2.72 bits per heavy atom. The number of nitrogens with zero attached hydrogens (tertiary/aromatic N) is 3. The Bertz CT molecular complexity index is 879. The fourth-order valence-electron chi connectivity index (χ4n) is 3.10. The molecule has 134 valence electrons. The number of imidazole rings is 1. The van der Waals surface area contributed by atoms with Crippen molar-refractivity contribution >= 4 is 27.8 Å². The fourth-order valence-corrected chi connectivity index (χ4v) is 3.10. The number of aliphatic hydroxyl groups is 1. The van der Waals surface area contributed by atoms with Crippen LogP contribution in [0.25, 0.3) is 21.9 Å². The van der Waals surface area contributed by atoms with E-state index in [4.69, 9.17) is 10.7 Å². The minimum atomic E-state index is -0.856. The monoisotopic (exact) mass is 341 g/mol. The van der Waals surface area contributed by atoms with E-state index in [1.807, 2.05) is 24.3 Å². The highest BCUT2D eigenvalue weighted by Gasteiger charge is 2.22. The van der Waals surface area contributed by atoms with E-state index in [1.165, 1.54) is 0 Å². The molecule has 2 heterocycles. The van der Waals surface area contributed by atoms with Gasteiger partial charge in [-0.25, -0.2) is 9.97 Å². The molecule has 0 bridgehead atoms. The Morgan fingerprint density at radius 1 is 1.24 bits per heavy atom. The minimum Gasteiger partial charge on any atom is -0.389 e. The van der Waals surface area contributed by atoms with Crippen LogP contribution in [0.15, 0.2) is 24.3 Å². The summed E-state index contributed by atoms with van der Waals surface area (Å²) in [5.74, 6) is 1.30. The van der Waals surface area contributed by atoms with E-state index in [9.17, 15) is 5.11 Å². The van der Waals surface area contributed by atoms with Gasteiger partial charge in [-0.3, -0.25) is 0 Å². The van der Waals surface area contributed by atoms with Crippen LogP contribution >= 0.6 is 0 Å². The van der Waals surface area contributed by atoms with Crippen LogP contribution < -0.4 is 11.1 Å². The molecule has 0 spiro atoms. The van der Waals surface area contributed by atoms with Gasteiger partial charge < -0.3 is 20.7 Å². The largest absolute Gasteiger partial charge is 0.389 e. The van der Waals surface area contributed by atoms with E-state index in [2.05, 4.69) is 21.8 Å². The number of aromatic nitrogens is 3. The van der Waals surface area contributed by atoms with E-state index >= 15 is 0 Å². The van der Waals surface area contributed by atoms with Crippen molar-refractivity contribution in [1.82, 2.24) is 19.9 Å². The highest BCUT2D eigenvalue weighted by Crippen LogP contribution is 2.29. The zero-order chi connectivity index (χ0) is 18.0. The first kappa shape index (κ1) is 17.6. The van der Waals surface area contributed by atoms with E-state index in [1.54, 1.807) is 13.8 Å². The molecular weight excluding hydrogens is 314 g/mol. The number of nitrogens with two attached hydrogens (primary N) is 1. The Morgan fingerprint density at radius 2 is 2.00 bits per heavy atom. The normalized spacial score (nSPS) is 12.3. The van der Waals surface area contributed by atoms with Crippen LogP contribution in [0.1, 0.15) is 39.4 Å². The lowest BCUT2D eigenvalue weighted by molar-refractivity contribution is 0.0618. The van der Waals surface area contributed by atoms with E-state index in [-0.39, 0.29) is 0 Å². The van der Waals surface area contributed by atoms with Gasteiger partial charge >= 0.3 is 0 Å². The number of unbranched alkanes of at least 4 members (excludes halogenated alkanes) is 1.